The average Bonchev–Trinajstić information content (AvgIpc) is 2.39. The largest absolute Gasteiger partial charge is 0.478 e. The molecular weight excluding hydrogens is 226 g/mol. The Hall–Kier alpha value is -1.51. The molecule has 3 heteroatoms. The van der Waals surface area contributed by atoms with Crippen LogP contribution >= 0.6 is 0 Å². The molecule has 1 saturated carbocycles. The number of hydrogen-bond acceptors (Lipinski definition) is 2. The summed E-state index contributed by atoms with van der Waals surface area (Å²) in [6.07, 6.45) is 6.26. The van der Waals surface area contributed by atoms with Gasteiger partial charge in [0, 0.05) is 11.7 Å². The van der Waals surface area contributed by atoms with Gasteiger partial charge >= 0.3 is 5.97 Å². The molecule has 1 aromatic rings. The molecule has 0 amide bonds. The fourth-order valence-corrected chi connectivity index (χ4v) is 2.84. The van der Waals surface area contributed by atoms with Crippen molar-refractivity contribution in [3.63, 3.8) is 0 Å². The molecular formula is C15H21NO2. The van der Waals surface area contributed by atoms with Gasteiger partial charge in [-0.05, 0) is 37.0 Å². The lowest BCUT2D eigenvalue weighted by Crippen LogP contribution is -2.31. The molecule has 0 aromatic heterocycles. The maximum absolute atomic E-state index is 10.9. The van der Waals surface area contributed by atoms with Crippen LogP contribution in [0.1, 0.15) is 49.4 Å². The van der Waals surface area contributed by atoms with Crippen LogP contribution in [0.15, 0.2) is 24.3 Å². The normalized spacial score (nSPS) is 23.6. The summed E-state index contributed by atoms with van der Waals surface area (Å²) < 4.78 is 0. The maximum Gasteiger partial charge on any atom is 0.335 e. The molecule has 2 N–H and O–H groups in total. The molecule has 2 atom stereocenters. The van der Waals surface area contributed by atoms with Gasteiger partial charge in [-0.3, -0.25) is 0 Å². The summed E-state index contributed by atoms with van der Waals surface area (Å²) in [5, 5.41) is 12.5. The van der Waals surface area contributed by atoms with E-state index < -0.39 is 5.97 Å². The second-order valence-electron chi connectivity index (χ2n) is 5.09. The zero-order valence-electron chi connectivity index (χ0n) is 10.9. The first-order chi connectivity index (χ1) is 8.70. The molecule has 3 nitrogen and oxygen atoms in total. The summed E-state index contributed by atoms with van der Waals surface area (Å²) >= 11 is 0. The first-order valence-electron chi connectivity index (χ1n) is 6.80. The molecule has 2 unspecified atom stereocenters. The van der Waals surface area contributed by atoms with Crippen LogP contribution in [0.25, 0.3) is 0 Å². The summed E-state index contributed by atoms with van der Waals surface area (Å²) in [5.41, 5.74) is 1.28. The monoisotopic (exact) mass is 247 g/mol. The Morgan fingerprint density at radius 2 is 2.17 bits per heavy atom. The van der Waals surface area contributed by atoms with Crippen molar-refractivity contribution in [2.45, 2.75) is 45.1 Å². The number of nitrogens with one attached hydrogen (secondary N) is 1. The SMILES string of the molecule is CCC1CCCCC1Nc1cccc(C(=O)O)c1. The van der Waals surface area contributed by atoms with Crippen molar-refractivity contribution >= 4 is 11.7 Å². The summed E-state index contributed by atoms with van der Waals surface area (Å²) in [7, 11) is 0. The molecule has 2 rings (SSSR count). The fourth-order valence-electron chi connectivity index (χ4n) is 2.84. The highest BCUT2D eigenvalue weighted by molar-refractivity contribution is 5.88. The molecule has 1 aliphatic carbocycles. The Kier molecular flexibility index (Phi) is 4.24. The molecule has 0 heterocycles. The number of carbonyl (C=O) groups is 1. The second kappa shape index (κ2) is 5.89. The van der Waals surface area contributed by atoms with Crippen LogP contribution in [0, 0.1) is 5.92 Å². The molecule has 18 heavy (non-hydrogen) atoms. The molecule has 98 valence electrons. The van der Waals surface area contributed by atoms with Gasteiger partial charge in [-0.1, -0.05) is 32.3 Å². The van der Waals surface area contributed by atoms with Gasteiger partial charge in [0.2, 0.25) is 0 Å². The topological polar surface area (TPSA) is 49.3 Å². The van der Waals surface area contributed by atoms with Crippen LogP contribution in [0.5, 0.6) is 0 Å². The minimum atomic E-state index is -0.866. The van der Waals surface area contributed by atoms with E-state index in [4.69, 9.17) is 5.11 Å². The van der Waals surface area contributed by atoms with E-state index in [1.54, 1.807) is 18.2 Å². The van der Waals surface area contributed by atoms with Crippen molar-refractivity contribution in [2.24, 2.45) is 5.92 Å². The first kappa shape index (κ1) is 12.9. The van der Waals surface area contributed by atoms with Crippen molar-refractivity contribution in [2.75, 3.05) is 5.32 Å². The number of rotatable bonds is 4. The molecule has 0 saturated heterocycles. The summed E-state index contributed by atoms with van der Waals surface area (Å²) in [5.74, 6) is -0.151. The molecule has 0 spiro atoms. The Bertz CT molecular complexity index is 417. The predicted octanol–water partition coefficient (Wildman–Crippen LogP) is 3.77. The number of aromatic carboxylic acids is 1. The van der Waals surface area contributed by atoms with Crippen molar-refractivity contribution in [3.05, 3.63) is 29.8 Å². The van der Waals surface area contributed by atoms with E-state index in [0.717, 1.165) is 5.69 Å². The summed E-state index contributed by atoms with van der Waals surface area (Å²) in [6, 6.07) is 7.60. The quantitative estimate of drug-likeness (QED) is 0.851. The number of carboxylic acid groups (broad SMARTS) is 1. The third-order valence-corrected chi connectivity index (χ3v) is 3.90. The van der Waals surface area contributed by atoms with Gasteiger partial charge in [-0.25, -0.2) is 4.79 Å². The standard InChI is InChI=1S/C15H21NO2/c1-2-11-6-3-4-9-14(11)16-13-8-5-7-12(10-13)15(17)18/h5,7-8,10-11,14,16H,2-4,6,9H2,1H3,(H,17,18). The number of benzene rings is 1. The molecule has 0 aliphatic heterocycles. The molecule has 0 bridgehead atoms. The Labute approximate surface area is 108 Å². The Morgan fingerprint density at radius 3 is 2.89 bits per heavy atom. The van der Waals surface area contributed by atoms with E-state index in [9.17, 15) is 4.79 Å². The third kappa shape index (κ3) is 3.03. The van der Waals surface area contributed by atoms with Gasteiger partial charge in [-0.2, -0.15) is 0 Å². The summed E-state index contributed by atoms with van der Waals surface area (Å²) in [6.45, 7) is 2.23. The van der Waals surface area contributed by atoms with E-state index >= 15 is 0 Å². The zero-order valence-corrected chi connectivity index (χ0v) is 10.9. The third-order valence-electron chi connectivity index (χ3n) is 3.90. The van der Waals surface area contributed by atoms with Gasteiger partial charge in [0.05, 0.1) is 5.56 Å². The molecule has 0 radical (unpaired) electrons. The minimum Gasteiger partial charge on any atom is -0.478 e. The van der Waals surface area contributed by atoms with Gasteiger partial charge in [-0.15, -0.1) is 0 Å². The zero-order chi connectivity index (χ0) is 13.0. The van der Waals surface area contributed by atoms with Crippen LogP contribution < -0.4 is 5.32 Å². The van der Waals surface area contributed by atoms with Crippen molar-refractivity contribution in [1.29, 1.82) is 0 Å². The summed E-state index contributed by atoms with van der Waals surface area (Å²) in [4.78, 5) is 10.9. The van der Waals surface area contributed by atoms with E-state index in [1.807, 2.05) is 6.07 Å². The van der Waals surface area contributed by atoms with Crippen LogP contribution in [0.3, 0.4) is 0 Å². The molecule has 1 fully saturated rings. The van der Waals surface area contributed by atoms with Crippen molar-refractivity contribution in [1.82, 2.24) is 0 Å². The van der Waals surface area contributed by atoms with Crippen molar-refractivity contribution in [3.8, 4) is 0 Å². The Balaban J connectivity index is 2.07. The fraction of sp³-hybridized carbons (Fsp3) is 0.533. The van der Waals surface area contributed by atoms with Crippen molar-refractivity contribution < 1.29 is 9.90 Å². The van der Waals surface area contributed by atoms with Crippen LogP contribution in [0.2, 0.25) is 0 Å². The smallest absolute Gasteiger partial charge is 0.335 e. The van der Waals surface area contributed by atoms with E-state index in [1.165, 1.54) is 32.1 Å². The van der Waals surface area contributed by atoms with E-state index in [-0.39, 0.29) is 0 Å². The number of anilines is 1. The first-order valence-corrected chi connectivity index (χ1v) is 6.80. The molecule has 1 aliphatic rings. The van der Waals surface area contributed by atoms with Gasteiger partial charge in [0.15, 0.2) is 0 Å². The maximum atomic E-state index is 10.9. The van der Waals surface area contributed by atoms with Crippen LogP contribution in [-0.4, -0.2) is 17.1 Å². The van der Waals surface area contributed by atoms with Gasteiger partial charge < -0.3 is 10.4 Å². The lowest BCUT2D eigenvalue weighted by Gasteiger charge is -2.32. The van der Waals surface area contributed by atoms with Gasteiger partial charge in [0.25, 0.3) is 0 Å². The lowest BCUT2D eigenvalue weighted by molar-refractivity contribution is 0.0697. The Morgan fingerprint density at radius 1 is 1.39 bits per heavy atom. The highest BCUT2D eigenvalue weighted by Crippen LogP contribution is 2.29. The number of hydrogen-bond donors (Lipinski definition) is 2. The predicted molar refractivity (Wildman–Crippen MR) is 73.1 cm³/mol. The lowest BCUT2D eigenvalue weighted by atomic mass is 9.83. The van der Waals surface area contributed by atoms with Crippen LogP contribution in [0.4, 0.5) is 5.69 Å². The molecule has 1 aromatic carbocycles. The minimum absolute atomic E-state index is 0.351. The van der Waals surface area contributed by atoms with E-state index in [2.05, 4.69) is 12.2 Å². The van der Waals surface area contributed by atoms with E-state index in [0.29, 0.717) is 17.5 Å². The highest BCUT2D eigenvalue weighted by Gasteiger charge is 2.23. The second-order valence-corrected chi connectivity index (χ2v) is 5.09. The average molecular weight is 247 g/mol. The van der Waals surface area contributed by atoms with Gasteiger partial charge in [0.1, 0.15) is 0 Å². The number of carboxylic acids is 1. The van der Waals surface area contributed by atoms with Crippen LogP contribution in [-0.2, 0) is 0 Å². The highest BCUT2D eigenvalue weighted by atomic mass is 16.4.